The van der Waals surface area contributed by atoms with Crippen LogP contribution in [0.25, 0.3) is 0 Å². The molecule has 2 aliphatic heterocycles. The molecule has 0 spiro atoms. The lowest BCUT2D eigenvalue weighted by atomic mass is 10.2. The van der Waals surface area contributed by atoms with Gasteiger partial charge in [-0.05, 0) is 26.3 Å². The smallest absolute Gasteiger partial charge is 0.137 e. The Morgan fingerprint density at radius 2 is 2.42 bits per heavy atom. The van der Waals surface area contributed by atoms with E-state index in [4.69, 9.17) is 16.3 Å². The van der Waals surface area contributed by atoms with E-state index in [1.165, 1.54) is 25.7 Å². The molecule has 6 heteroatoms. The molecule has 2 unspecified atom stereocenters. The minimum absolute atomic E-state index is 0.225. The zero-order valence-electron chi connectivity index (χ0n) is 11.1. The lowest BCUT2D eigenvalue weighted by molar-refractivity contribution is -0.0416. The van der Waals surface area contributed by atoms with Crippen molar-refractivity contribution in [1.82, 2.24) is 14.9 Å². The number of rotatable bonds is 3. The normalized spacial score (nSPS) is 27.3. The maximum absolute atomic E-state index is 5.98. The van der Waals surface area contributed by atoms with Gasteiger partial charge in [0.05, 0.1) is 12.7 Å². The summed E-state index contributed by atoms with van der Waals surface area (Å²) < 4.78 is 5.90. The first-order valence-electron chi connectivity index (χ1n) is 6.80. The van der Waals surface area contributed by atoms with Crippen LogP contribution in [0.2, 0.25) is 5.15 Å². The van der Waals surface area contributed by atoms with Crippen molar-refractivity contribution in [3.63, 3.8) is 0 Å². The fourth-order valence-corrected chi connectivity index (χ4v) is 2.96. The molecule has 1 aromatic heterocycles. The van der Waals surface area contributed by atoms with Gasteiger partial charge in [-0.2, -0.15) is 0 Å². The first kappa shape index (κ1) is 13.1. The molecule has 1 aromatic rings. The average Bonchev–Trinajstić information content (AvgIpc) is 2.88. The molecule has 0 radical (unpaired) electrons. The monoisotopic (exact) mass is 282 g/mol. The Bertz CT molecular complexity index is 456. The number of morpholine rings is 1. The Labute approximate surface area is 118 Å². The fraction of sp³-hybridized carbons (Fsp3) is 0.692. The predicted molar refractivity (Wildman–Crippen MR) is 74.6 cm³/mol. The minimum Gasteiger partial charge on any atom is -0.373 e. The van der Waals surface area contributed by atoms with Crippen molar-refractivity contribution < 1.29 is 4.74 Å². The van der Waals surface area contributed by atoms with Crippen molar-refractivity contribution in [2.75, 3.05) is 31.6 Å². The van der Waals surface area contributed by atoms with Gasteiger partial charge in [0, 0.05) is 24.7 Å². The first-order valence-corrected chi connectivity index (χ1v) is 7.18. The van der Waals surface area contributed by atoms with E-state index in [-0.39, 0.29) is 6.10 Å². The molecule has 0 bridgehead atoms. The highest BCUT2D eigenvalue weighted by molar-refractivity contribution is 6.30. The number of nitrogens with zero attached hydrogens (tertiary/aromatic N) is 3. The second kappa shape index (κ2) is 5.61. The van der Waals surface area contributed by atoms with Crippen LogP contribution in [-0.4, -0.2) is 53.3 Å². The Hall–Kier alpha value is -0.910. The van der Waals surface area contributed by atoms with Gasteiger partial charge in [0.15, 0.2) is 0 Å². The van der Waals surface area contributed by atoms with Crippen LogP contribution >= 0.6 is 11.6 Å². The summed E-state index contributed by atoms with van der Waals surface area (Å²) in [5.74, 6) is 0.798. The van der Waals surface area contributed by atoms with Crippen LogP contribution in [-0.2, 0) is 4.74 Å². The zero-order chi connectivity index (χ0) is 13.2. The topological polar surface area (TPSA) is 50.3 Å². The quantitative estimate of drug-likeness (QED) is 0.856. The van der Waals surface area contributed by atoms with Crippen molar-refractivity contribution in [3.8, 4) is 0 Å². The second-order valence-corrected chi connectivity index (χ2v) is 5.62. The molecule has 0 aromatic carbocycles. The number of aromatic nitrogens is 2. The summed E-state index contributed by atoms with van der Waals surface area (Å²) in [6.45, 7) is 5.76. The van der Waals surface area contributed by atoms with E-state index in [1.54, 1.807) is 0 Å². The van der Waals surface area contributed by atoms with Crippen LogP contribution in [0.3, 0.4) is 0 Å². The van der Waals surface area contributed by atoms with Gasteiger partial charge < -0.3 is 10.1 Å². The van der Waals surface area contributed by atoms with Crippen LogP contribution < -0.4 is 5.32 Å². The molecule has 0 amide bonds. The molecule has 2 saturated heterocycles. The summed E-state index contributed by atoms with van der Waals surface area (Å²) >= 11 is 5.98. The molecule has 0 saturated carbocycles. The molecule has 2 fully saturated rings. The molecule has 104 valence electrons. The highest BCUT2D eigenvalue weighted by Gasteiger charge is 2.32. The molecule has 5 nitrogen and oxygen atoms in total. The number of hydrogen-bond acceptors (Lipinski definition) is 5. The molecule has 1 N–H and O–H groups in total. The average molecular weight is 283 g/mol. The van der Waals surface area contributed by atoms with Gasteiger partial charge in [-0.25, -0.2) is 9.97 Å². The number of halogens is 1. The van der Waals surface area contributed by atoms with E-state index in [9.17, 15) is 0 Å². The largest absolute Gasteiger partial charge is 0.373 e. The Morgan fingerprint density at radius 3 is 3.32 bits per heavy atom. The lowest BCUT2D eigenvalue weighted by Crippen LogP contribution is -2.48. The molecule has 3 heterocycles. The van der Waals surface area contributed by atoms with Crippen LogP contribution in [0.4, 0.5) is 5.82 Å². The molecule has 19 heavy (non-hydrogen) atoms. The van der Waals surface area contributed by atoms with Crippen LogP contribution in [0, 0.1) is 6.92 Å². The third-order valence-corrected chi connectivity index (χ3v) is 4.36. The Morgan fingerprint density at radius 1 is 1.53 bits per heavy atom. The van der Waals surface area contributed by atoms with Gasteiger partial charge in [-0.1, -0.05) is 11.6 Å². The van der Waals surface area contributed by atoms with Gasteiger partial charge in [0.25, 0.3) is 0 Å². The Balaban J connectivity index is 1.56. The zero-order valence-corrected chi connectivity index (χ0v) is 11.9. The fourth-order valence-electron chi connectivity index (χ4n) is 2.83. The van der Waals surface area contributed by atoms with E-state index in [1.807, 2.05) is 6.92 Å². The number of anilines is 1. The van der Waals surface area contributed by atoms with E-state index in [2.05, 4.69) is 20.2 Å². The standard InChI is InChI=1S/C13H19ClN4O/c1-9-12(14)16-8-17-13(9)15-5-11-6-18-4-2-3-10(18)7-19-11/h8,10-11H,2-7H2,1H3,(H,15,16,17). The van der Waals surface area contributed by atoms with Crippen molar-refractivity contribution >= 4 is 17.4 Å². The molecule has 0 aliphatic carbocycles. The third kappa shape index (κ3) is 2.83. The van der Waals surface area contributed by atoms with Crippen molar-refractivity contribution in [2.24, 2.45) is 0 Å². The van der Waals surface area contributed by atoms with E-state index < -0.39 is 0 Å². The minimum atomic E-state index is 0.225. The predicted octanol–water partition coefficient (Wildman–Crippen LogP) is 1.71. The SMILES string of the molecule is Cc1c(Cl)ncnc1NCC1CN2CCCC2CO1. The second-order valence-electron chi connectivity index (χ2n) is 5.27. The van der Waals surface area contributed by atoms with Crippen molar-refractivity contribution in [3.05, 3.63) is 17.0 Å². The summed E-state index contributed by atoms with van der Waals surface area (Å²) in [6.07, 6.45) is 4.29. The number of fused-ring (bicyclic) bond motifs is 1. The number of nitrogens with one attached hydrogen (secondary N) is 1. The summed E-state index contributed by atoms with van der Waals surface area (Å²) in [5, 5.41) is 3.82. The maximum atomic E-state index is 5.98. The lowest BCUT2D eigenvalue weighted by Gasteiger charge is -2.35. The Kier molecular flexibility index (Phi) is 3.86. The number of ether oxygens (including phenoxy) is 1. The molecule has 3 rings (SSSR count). The molecule has 2 aliphatic rings. The van der Waals surface area contributed by atoms with Crippen LogP contribution in [0.1, 0.15) is 18.4 Å². The first-order chi connectivity index (χ1) is 9.24. The maximum Gasteiger partial charge on any atom is 0.137 e. The van der Waals surface area contributed by atoms with Gasteiger partial charge in [-0.15, -0.1) is 0 Å². The summed E-state index contributed by atoms with van der Waals surface area (Å²) in [7, 11) is 0. The van der Waals surface area contributed by atoms with Crippen molar-refractivity contribution in [1.29, 1.82) is 0 Å². The highest BCUT2D eigenvalue weighted by atomic mass is 35.5. The summed E-state index contributed by atoms with van der Waals surface area (Å²) in [4.78, 5) is 10.7. The van der Waals surface area contributed by atoms with Crippen molar-refractivity contribution in [2.45, 2.75) is 31.9 Å². The van der Waals surface area contributed by atoms with E-state index in [0.717, 1.165) is 31.1 Å². The van der Waals surface area contributed by atoms with E-state index >= 15 is 0 Å². The summed E-state index contributed by atoms with van der Waals surface area (Å²) in [6, 6.07) is 0.645. The molecular weight excluding hydrogens is 264 g/mol. The van der Waals surface area contributed by atoms with E-state index in [0.29, 0.717) is 11.2 Å². The van der Waals surface area contributed by atoms with Crippen LogP contribution in [0.15, 0.2) is 6.33 Å². The highest BCUT2D eigenvalue weighted by Crippen LogP contribution is 2.23. The third-order valence-electron chi connectivity index (χ3n) is 3.98. The number of hydrogen-bond donors (Lipinski definition) is 1. The van der Waals surface area contributed by atoms with Gasteiger partial charge >= 0.3 is 0 Å². The van der Waals surface area contributed by atoms with Gasteiger partial charge in [0.2, 0.25) is 0 Å². The molecular formula is C13H19ClN4O. The van der Waals surface area contributed by atoms with Gasteiger partial charge in [0.1, 0.15) is 17.3 Å². The summed E-state index contributed by atoms with van der Waals surface area (Å²) in [5.41, 5.74) is 0.888. The molecule has 2 atom stereocenters. The van der Waals surface area contributed by atoms with Gasteiger partial charge in [-0.3, -0.25) is 4.90 Å². The van der Waals surface area contributed by atoms with Crippen LogP contribution in [0.5, 0.6) is 0 Å².